The van der Waals surface area contributed by atoms with Crippen LogP contribution in [0, 0.1) is 0 Å². The zero-order valence-electron chi connectivity index (χ0n) is 14.2. The number of unbranched alkanes of at least 4 members (excludes halogenated alkanes) is 1. The van der Waals surface area contributed by atoms with E-state index in [0.717, 1.165) is 44.9 Å². The van der Waals surface area contributed by atoms with E-state index < -0.39 is 0 Å². The number of carbonyl (C=O) groups excluding carboxylic acids is 2. The summed E-state index contributed by atoms with van der Waals surface area (Å²) in [6, 6.07) is 0. The number of ether oxygens (including phenoxy) is 2. The molecular formula is C17H32O4. The van der Waals surface area contributed by atoms with Crippen molar-refractivity contribution in [3.63, 3.8) is 0 Å². The second kappa shape index (κ2) is 12.7. The maximum absolute atomic E-state index is 11.5. The van der Waals surface area contributed by atoms with Crippen LogP contribution in [0.1, 0.15) is 85.5 Å². The Morgan fingerprint density at radius 2 is 1.38 bits per heavy atom. The Bertz CT molecular complexity index is 289. The molecule has 4 heteroatoms. The molecular weight excluding hydrogens is 268 g/mol. The smallest absolute Gasteiger partial charge is 0.306 e. The minimum absolute atomic E-state index is 0.0215. The van der Waals surface area contributed by atoms with Gasteiger partial charge >= 0.3 is 11.9 Å². The fourth-order valence-corrected chi connectivity index (χ4v) is 2.15. The zero-order valence-corrected chi connectivity index (χ0v) is 14.2. The third-order valence-corrected chi connectivity index (χ3v) is 3.38. The van der Waals surface area contributed by atoms with Crippen molar-refractivity contribution in [1.29, 1.82) is 0 Å². The summed E-state index contributed by atoms with van der Waals surface area (Å²) in [6.45, 7) is 7.92. The summed E-state index contributed by atoms with van der Waals surface area (Å²) in [5.74, 6) is -0.198. The number of esters is 2. The molecule has 0 rings (SSSR count). The predicted molar refractivity (Wildman–Crippen MR) is 84.0 cm³/mol. The normalized spacial score (nSPS) is 13.5. The lowest BCUT2D eigenvalue weighted by Gasteiger charge is -2.17. The van der Waals surface area contributed by atoms with E-state index in [9.17, 15) is 9.59 Å². The third-order valence-electron chi connectivity index (χ3n) is 3.38. The maximum atomic E-state index is 11.5. The first-order valence-corrected chi connectivity index (χ1v) is 8.42. The molecule has 0 aliphatic heterocycles. The molecule has 0 aromatic rings. The van der Waals surface area contributed by atoms with Crippen molar-refractivity contribution >= 4 is 11.9 Å². The molecule has 0 saturated heterocycles. The third kappa shape index (κ3) is 11.3. The van der Waals surface area contributed by atoms with Gasteiger partial charge in [-0.15, -0.1) is 0 Å². The zero-order chi connectivity index (χ0) is 16.1. The van der Waals surface area contributed by atoms with E-state index in [4.69, 9.17) is 9.47 Å². The van der Waals surface area contributed by atoms with Crippen LogP contribution in [0.25, 0.3) is 0 Å². The molecule has 0 radical (unpaired) electrons. The summed E-state index contributed by atoms with van der Waals surface area (Å²) >= 11 is 0. The molecule has 0 unspecified atom stereocenters. The monoisotopic (exact) mass is 300 g/mol. The molecule has 0 aromatic heterocycles. The van der Waals surface area contributed by atoms with Crippen LogP contribution in [0.2, 0.25) is 0 Å². The van der Waals surface area contributed by atoms with Crippen LogP contribution < -0.4 is 0 Å². The van der Waals surface area contributed by atoms with Crippen molar-refractivity contribution < 1.29 is 19.1 Å². The number of hydrogen-bond acceptors (Lipinski definition) is 4. The van der Waals surface area contributed by atoms with E-state index in [1.165, 1.54) is 0 Å². The van der Waals surface area contributed by atoms with E-state index in [2.05, 4.69) is 0 Å². The van der Waals surface area contributed by atoms with Gasteiger partial charge in [0.1, 0.15) is 6.10 Å². The molecule has 0 spiro atoms. The summed E-state index contributed by atoms with van der Waals surface area (Å²) in [4.78, 5) is 22.8. The molecule has 2 atom stereocenters. The van der Waals surface area contributed by atoms with Gasteiger partial charge in [0.2, 0.25) is 0 Å². The molecule has 0 amide bonds. The second-order valence-electron chi connectivity index (χ2n) is 5.61. The average Bonchev–Trinajstić information content (AvgIpc) is 2.42. The summed E-state index contributed by atoms with van der Waals surface area (Å²) in [5.41, 5.74) is 0. The minimum Gasteiger partial charge on any atom is -0.463 e. The van der Waals surface area contributed by atoms with Crippen LogP contribution in [0.15, 0.2) is 0 Å². The molecule has 124 valence electrons. The Balaban J connectivity index is 3.75. The number of carbonyl (C=O) groups is 2. The molecule has 0 saturated carbocycles. The Hall–Kier alpha value is -1.06. The second-order valence-corrected chi connectivity index (χ2v) is 5.61. The Morgan fingerprint density at radius 1 is 0.857 bits per heavy atom. The lowest BCUT2D eigenvalue weighted by molar-refractivity contribution is -0.150. The van der Waals surface area contributed by atoms with Gasteiger partial charge in [0.25, 0.3) is 0 Å². The first-order chi connectivity index (χ1) is 10.0. The number of rotatable bonds is 12. The highest BCUT2D eigenvalue weighted by Crippen LogP contribution is 2.13. The fraction of sp³-hybridized carbons (Fsp3) is 0.882. The van der Waals surface area contributed by atoms with Crippen LogP contribution >= 0.6 is 0 Å². The summed E-state index contributed by atoms with van der Waals surface area (Å²) < 4.78 is 10.7. The molecule has 21 heavy (non-hydrogen) atoms. The topological polar surface area (TPSA) is 52.6 Å². The highest BCUT2D eigenvalue weighted by atomic mass is 16.5. The lowest BCUT2D eigenvalue weighted by atomic mass is 10.1. The first kappa shape index (κ1) is 19.9. The van der Waals surface area contributed by atoms with E-state index >= 15 is 0 Å². The summed E-state index contributed by atoms with van der Waals surface area (Å²) in [5, 5.41) is 0. The SMILES string of the molecule is CCCC(=O)O[C@@H](CC)CCCC[C@H](C)OC(=O)CCC. The van der Waals surface area contributed by atoms with Gasteiger partial charge in [0, 0.05) is 12.8 Å². The molecule has 0 aliphatic rings. The van der Waals surface area contributed by atoms with Crippen molar-refractivity contribution in [3.05, 3.63) is 0 Å². The van der Waals surface area contributed by atoms with E-state index in [0.29, 0.717) is 12.8 Å². The molecule has 0 bridgehead atoms. The number of hydrogen-bond donors (Lipinski definition) is 0. The summed E-state index contributed by atoms with van der Waals surface area (Å²) in [7, 11) is 0. The molecule has 0 fully saturated rings. The van der Waals surface area contributed by atoms with Crippen LogP contribution in [-0.2, 0) is 19.1 Å². The van der Waals surface area contributed by atoms with Gasteiger partial charge in [-0.2, -0.15) is 0 Å². The van der Waals surface area contributed by atoms with Crippen molar-refractivity contribution in [1.82, 2.24) is 0 Å². The molecule has 0 heterocycles. The van der Waals surface area contributed by atoms with Gasteiger partial charge < -0.3 is 9.47 Å². The average molecular weight is 300 g/mol. The van der Waals surface area contributed by atoms with Crippen molar-refractivity contribution in [2.45, 2.75) is 97.7 Å². The molecule has 4 nitrogen and oxygen atoms in total. The Labute approximate surface area is 129 Å². The van der Waals surface area contributed by atoms with Gasteiger partial charge in [0.15, 0.2) is 0 Å². The quantitative estimate of drug-likeness (QED) is 0.396. The van der Waals surface area contributed by atoms with Crippen molar-refractivity contribution in [2.75, 3.05) is 0 Å². The van der Waals surface area contributed by atoms with E-state index in [1.54, 1.807) is 0 Å². The van der Waals surface area contributed by atoms with E-state index in [-0.39, 0.29) is 24.1 Å². The van der Waals surface area contributed by atoms with Gasteiger partial charge in [-0.25, -0.2) is 0 Å². The first-order valence-electron chi connectivity index (χ1n) is 8.42. The highest BCUT2D eigenvalue weighted by Gasteiger charge is 2.13. The maximum Gasteiger partial charge on any atom is 0.306 e. The standard InChI is InChI=1S/C17H32O4/c1-5-10-16(18)20-14(4)12-8-9-13-15(7-3)21-17(19)11-6-2/h14-15H,5-13H2,1-4H3/t14-,15-/m0/s1. The molecule has 0 aliphatic carbocycles. The minimum atomic E-state index is -0.107. The highest BCUT2D eigenvalue weighted by molar-refractivity contribution is 5.69. The van der Waals surface area contributed by atoms with E-state index in [1.807, 2.05) is 27.7 Å². The van der Waals surface area contributed by atoms with Gasteiger partial charge in [0.05, 0.1) is 6.10 Å². The van der Waals surface area contributed by atoms with Crippen LogP contribution in [0.5, 0.6) is 0 Å². The van der Waals surface area contributed by atoms with Gasteiger partial charge in [-0.05, 0) is 51.9 Å². The Morgan fingerprint density at radius 3 is 1.90 bits per heavy atom. The summed E-state index contributed by atoms with van der Waals surface area (Å²) in [6.07, 6.45) is 7.26. The Kier molecular flexibility index (Phi) is 12.0. The van der Waals surface area contributed by atoms with Crippen molar-refractivity contribution in [2.24, 2.45) is 0 Å². The lowest BCUT2D eigenvalue weighted by Crippen LogP contribution is -2.18. The fourth-order valence-electron chi connectivity index (χ4n) is 2.15. The molecule has 0 N–H and O–H groups in total. The van der Waals surface area contributed by atoms with Crippen LogP contribution in [0.4, 0.5) is 0 Å². The predicted octanol–water partition coefficient (Wildman–Crippen LogP) is 4.40. The largest absolute Gasteiger partial charge is 0.463 e. The van der Waals surface area contributed by atoms with Gasteiger partial charge in [-0.3, -0.25) is 9.59 Å². The molecule has 0 aromatic carbocycles. The van der Waals surface area contributed by atoms with Crippen LogP contribution in [-0.4, -0.2) is 24.1 Å². The van der Waals surface area contributed by atoms with Crippen molar-refractivity contribution in [3.8, 4) is 0 Å². The van der Waals surface area contributed by atoms with Crippen LogP contribution in [0.3, 0.4) is 0 Å². The van der Waals surface area contributed by atoms with Gasteiger partial charge in [-0.1, -0.05) is 20.8 Å².